The molecule has 124 valence electrons. The highest BCUT2D eigenvalue weighted by Crippen LogP contribution is 2.21. The van der Waals surface area contributed by atoms with Crippen LogP contribution in [0.2, 0.25) is 0 Å². The molecule has 3 rings (SSSR count). The van der Waals surface area contributed by atoms with Crippen LogP contribution in [0.15, 0.2) is 28.8 Å². The molecule has 1 amide bonds. The van der Waals surface area contributed by atoms with E-state index in [-0.39, 0.29) is 5.91 Å². The molecule has 0 aliphatic heterocycles. The first-order chi connectivity index (χ1) is 11.4. The molecule has 0 saturated carbocycles. The number of hydrogen-bond acceptors (Lipinski definition) is 4. The first-order valence-corrected chi connectivity index (χ1v) is 7.44. The lowest BCUT2D eigenvalue weighted by Crippen LogP contribution is -2.14. The minimum absolute atomic E-state index is 0.330. The number of nitrogens with one attached hydrogen (secondary N) is 1. The molecule has 0 aliphatic carbocycles. The van der Waals surface area contributed by atoms with Crippen LogP contribution in [-0.4, -0.2) is 20.8 Å². The maximum atomic E-state index is 14.4. The van der Waals surface area contributed by atoms with E-state index in [9.17, 15) is 9.18 Å². The Balaban J connectivity index is 1.88. The zero-order valence-corrected chi connectivity index (χ0v) is 13.8. The van der Waals surface area contributed by atoms with E-state index in [4.69, 9.17) is 4.52 Å². The summed E-state index contributed by atoms with van der Waals surface area (Å²) in [5.74, 6) is -0.438. The maximum absolute atomic E-state index is 14.4. The van der Waals surface area contributed by atoms with Crippen LogP contribution in [0.4, 0.5) is 10.1 Å². The van der Waals surface area contributed by atoms with E-state index in [0.29, 0.717) is 28.4 Å². The first kappa shape index (κ1) is 15.9. The van der Waals surface area contributed by atoms with Gasteiger partial charge in [-0.3, -0.25) is 4.79 Å². The standard InChI is InChI=1S/C17H17FN4O2/c1-9-7-10(2)22(20-9)15-6-5-13(8-14(15)18)19-17(23)16-11(3)21-24-12(16)4/h5-8H,1-4H3,(H,19,23). The van der Waals surface area contributed by atoms with E-state index < -0.39 is 5.82 Å². The third kappa shape index (κ3) is 2.80. The van der Waals surface area contributed by atoms with Gasteiger partial charge in [-0.15, -0.1) is 0 Å². The number of halogens is 1. The number of aryl methyl sites for hydroxylation is 4. The molecule has 0 radical (unpaired) electrons. The topological polar surface area (TPSA) is 73.0 Å². The zero-order chi connectivity index (χ0) is 17.4. The third-order valence-electron chi connectivity index (χ3n) is 3.70. The van der Waals surface area contributed by atoms with Crippen LogP contribution in [0.3, 0.4) is 0 Å². The Morgan fingerprint density at radius 3 is 2.50 bits per heavy atom. The van der Waals surface area contributed by atoms with Gasteiger partial charge in [0.25, 0.3) is 5.91 Å². The minimum atomic E-state index is -0.474. The predicted molar refractivity (Wildman–Crippen MR) is 86.9 cm³/mol. The van der Waals surface area contributed by atoms with Crippen molar-refractivity contribution in [1.29, 1.82) is 0 Å². The molecule has 0 unspecified atom stereocenters. The number of rotatable bonds is 3. The SMILES string of the molecule is Cc1cc(C)n(-c2ccc(NC(=O)c3c(C)noc3C)cc2F)n1. The van der Waals surface area contributed by atoms with Gasteiger partial charge >= 0.3 is 0 Å². The molecule has 0 atom stereocenters. The molecule has 1 N–H and O–H groups in total. The molecule has 1 aromatic carbocycles. The van der Waals surface area contributed by atoms with Crippen molar-refractivity contribution in [2.45, 2.75) is 27.7 Å². The average Bonchev–Trinajstić information content (AvgIpc) is 3.01. The second-order valence-electron chi connectivity index (χ2n) is 5.66. The van der Waals surface area contributed by atoms with Gasteiger partial charge in [-0.1, -0.05) is 5.16 Å². The monoisotopic (exact) mass is 328 g/mol. The molecular formula is C17H17FN4O2. The predicted octanol–water partition coefficient (Wildman–Crippen LogP) is 3.49. The Hall–Kier alpha value is -2.96. The van der Waals surface area contributed by atoms with Gasteiger partial charge in [0.2, 0.25) is 0 Å². The molecule has 7 heteroatoms. The number of nitrogens with zero attached hydrogens (tertiary/aromatic N) is 3. The summed E-state index contributed by atoms with van der Waals surface area (Å²) in [4.78, 5) is 12.3. The van der Waals surface area contributed by atoms with E-state index in [1.807, 2.05) is 19.9 Å². The molecule has 6 nitrogen and oxygen atoms in total. The first-order valence-electron chi connectivity index (χ1n) is 7.44. The number of amides is 1. The second kappa shape index (κ2) is 5.92. The molecule has 0 bridgehead atoms. The highest BCUT2D eigenvalue weighted by Gasteiger charge is 2.18. The third-order valence-corrected chi connectivity index (χ3v) is 3.70. The normalized spacial score (nSPS) is 10.9. The summed E-state index contributed by atoms with van der Waals surface area (Å²) in [7, 11) is 0. The number of anilines is 1. The van der Waals surface area contributed by atoms with E-state index in [0.717, 1.165) is 11.4 Å². The number of hydrogen-bond donors (Lipinski definition) is 1. The summed E-state index contributed by atoms with van der Waals surface area (Å²) in [5.41, 5.74) is 3.17. The molecule has 0 fully saturated rings. The highest BCUT2D eigenvalue weighted by atomic mass is 19.1. The number of carbonyl (C=O) groups is 1. The molecule has 3 aromatic rings. The van der Waals surface area contributed by atoms with Gasteiger partial charge in [0.05, 0.1) is 11.4 Å². The summed E-state index contributed by atoms with van der Waals surface area (Å²) < 4.78 is 20.9. The molecular weight excluding hydrogens is 311 g/mol. The minimum Gasteiger partial charge on any atom is -0.361 e. The number of aromatic nitrogens is 3. The van der Waals surface area contributed by atoms with Gasteiger partial charge < -0.3 is 9.84 Å². The van der Waals surface area contributed by atoms with Crippen LogP contribution >= 0.6 is 0 Å². The van der Waals surface area contributed by atoms with Crippen molar-refractivity contribution in [3.8, 4) is 5.69 Å². The Morgan fingerprint density at radius 1 is 1.21 bits per heavy atom. The summed E-state index contributed by atoms with van der Waals surface area (Å²) in [6, 6.07) is 6.34. The maximum Gasteiger partial charge on any atom is 0.261 e. The van der Waals surface area contributed by atoms with Gasteiger partial charge in [0.15, 0.2) is 5.82 Å². The van der Waals surface area contributed by atoms with E-state index >= 15 is 0 Å². The van der Waals surface area contributed by atoms with Crippen LogP contribution < -0.4 is 5.32 Å². The van der Waals surface area contributed by atoms with Crippen molar-refractivity contribution in [3.63, 3.8) is 0 Å². The van der Waals surface area contributed by atoms with Gasteiger partial charge in [-0.05, 0) is 52.0 Å². The largest absolute Gasteiger partial charge is 0.361 e. The molecule has 2 aromatic heterocycles. The van der Waals surface area contributed by atoms with Crippen molar-refractivity contribution in [2.75, 3.05) is 5.32 Å². The Kier molecular flexibility index (Phi) is 3.92. The number of carbonyl (C=O) groups excluding carboxylic acids is 1. The van der Waals surface area contributed by atoms with Crippen LogP contribution in [-0.2, 0) is 0 Å². The highest BCUT2D eigenvalue weighted by molar-refractivity contribution is 6.05. The summed E-state index contributed by atoms with van der Waals surface area (Å²) in [6.45, 7) is 7.03. The quantitative estimate of drug-likeness (QED) is 0.799. The fourth-order valence-electron chi connectivity index (χ4n) is 2.63. The zero-order valence-electron chi connectivity index (χ0n) is 13.8. The van der Waals surface area contributed by atoms with Gasteiger partial charge in [0.1, 0.15) is 17.0 Å². The molecule has 0 spiro atoms. The van der Waals surface area contributed by atoms with Crippen molar-refractivity contribution < 1.29 is 13.7 Å². The summed E-state index contributed by atoms with van der Waals surface area (Å²) in [5, 5.41) is 10.7. The Morgan fingerprint density at radius 2 is 1.96 bits per heavy atom. The molecule has 0 saturated heterocycles. The van der Waals surface area contributed by atoms with Crippen molar-refractivity contribution in [2.24, 2.45) is 0 Å². The Labute approximate surface area is 138 Å². The van der Waals surface area contributed by atoms with E-state index in [2.05, 4.69) is 15.6 Å². The van der Waals surface area contributed by atoms with Crippen LogP contribution in [0.1, 0.15) is 33.2 Å². The van der Waals surface area contributed by atoms with Gasteiger partial charge in [-0.25, -0.2) is 9.07 Å². The van der Waals surface area contributed by atoms with E-state index in [1.165, 1.54) is 10.7 Å². The fourth-order valence-corrected chi connectivity index (χ4v) is 2.63. The van der Waals surface area contributed by atoms with Gasteiger partial charge in [0, 0.05) is 11.4 Å². The fraction of sp³-hybridized carbons (Fsp3) is 0.235. The van der Waals surface area contributed by atoms with Crippen molar-refractivity contribution in [3.05, 3.63) is 58.5 Å². The smallest absolute Gasteiger partial charge is 0.261 e. The second-order valence-corrected chi connectivity index (χ2v) is 5.66. The van der Waals surface area contributed by atoms with Crippen molar-refractivity contribution >= 4 is 11.6 Å². The average molecular weight is 328 g/mol. The Bertz CT molecular complexity index is 907. The molecule has 2 heterocycles. The lowest BCUT2D eigenvalue weighted by atomic mass is 10.2. The van der Waals surface area contributed by atoms with Crippen LogP contribution in [0.25, 0.3) is 5.69 Å². The van der Waals surface area contributed by atoms with Crippen LogP contribution in [0.5, 0.6) is 0 Å². The summed E-state index contributed by atoms with van der Waals surface area (Å²) in [6.07, 6.45) is 0. The van der Waals surface area contributed by atoms with Crippen LogP contribution in [0, 0.1) is 33.5 Å². The number of benzene rings is 1. The van der Waals surface area contributed by atoms with Crippen molar-refractivity contribution in [1.82, 2.24) is 14.9 Å². The molecule has 24 heavy (non-hydrogen) atoms. The van der Waals surface area contributed by atoms with E-state index in [1.54, 1.807) is 26.0 Å². The summed E-state index contributed by atoms with van der Waals surface area (Å²) >= 11 is 0. The lowest BCUT2D eigenvalue weighted by Gasteiger charge is -2.09. The lowest BCUT2D eigenvalue weighted by molar-refractivity contribution is 0.102. The molecule has 0 aliphatic rings. The van der Waals surface area contributed by atoms with Gasteiger partial charge in [-0.2, -0.15) is 5.10 Å².